The second-order valence-corrected chi connectivity index (χ2v) is 5.96. The summed E-state index contributed by atoms with van der Waals surface area (Å²) in [7, 11) is -1.51. The van der Waals surface area contributed by atoms with E-state index < -0.39 is 25.0 Å². The largest absolute Gasteiger partial charge is 0.457 e. The van der Waals surface area contributed by atoms with Crippen molar-refractivity contribution in [2.24, 2.45) is 11.5 Å². The Morgan fingerprint density at radius 1 is 1.26 bits per heavy atom. The van der Waals surface area contributed by atoms with Crippen molar-refractivity contribution in [3.63, 3.8) is 0 Å². The Labute approximate surface area is 138 Å². The van der Waals surface area contributed by atoms with Crippen LogP contribution >= 0.6 is 0 Å². The predicted molar refractivity (Wildman–Crippen MR) is 92.6 cm³/mol. The van der Waals surface area contributed by atoms with E-state index >= 15 is 0 Å². The Kier molecular flexibility index (Phi) is 8.87. The predicted octanol–water partition coefficient (Wildman–Crippen LogP) is 0.0331. The van der Waals surface area contributed by atoms with Crippen LogP contribution in [0.2, 0.25) is 5.82 Å². The summed E-state index contributed by atoms with van der Waals surface area (Å²) in [5, 5.41) is 22.0. The quantitative estimate of drug-likeness (QED) is 0.307. The van der Waals surface area contributed by atoms with Crippen LogP contribution in [0.4, 0.5) is 0 Å². The summed E-state index contributed by atoms with van der Waals surface area (Å²) in [5.41, 5.74) is 12.3. The molecule has 0 aliphatic carbocycles. The van der Waals surface area contributed by atoms with E-state index in [0.29, 0.717) is 19.4 Å². The highest BCUT2D eigenvalue weighted by Crippen LogP contribution is 2.20. The van der Waals surface area contributed by atoms with Gasteiger partial charge in [-0.25, -0.2) is 0 Å². The number of carbonyl (C=O) groups excluding carboxylic acids is 1. The summed E-state index contributed by atoms with van der Waals surface area (Å²) in [6.45, 7) is 2.35. The molecular formula is C16H28BN3O3. The van der Waals surface area contributed by atoms with Crippen molar-refractivity contribution in [1.29, 1.82) is 0 Å². The SMILES string of the molecule is C[C@@H](NC(=O)[C@@H](N)CCCCN)[C@@H](Cc1ccccc1)B(O)O. The van der Waals surface area contributed by atoms with Crippen molar-refractivity contribution in [3.8, 4) is 0 Å². The van der Waals surface area contributed by atoms with Gasteiger partial charge in [0.05, 0.1) is 6.04 Å². The lowest BCUT2D eigenvalue weighted by atomic mass is 9.66. The number of carbonyl (C=O) groups is 1. The standard InChI is InChI=1S/C16H28BN3O3/c1-12(20-16(21)15(19)9-5-6-10-18)14(17(22)23)11-13-7-3-2-4-8-13/h2-4,7-8,12,14-15,22-23H,5-6,9-11,18-19H2,1H3,(H,20,21)/t12-,14-,15+/m1/s1. The van der Waals surface area contributed by atoms with E-state index in [9.17, 15) is 14.8 Å². The van der Waals surface area contributed by atoms with Crippen molar-refractivity contribution in [3.05, 3.63) is 35.9 Å². The number of unbranched alkanes of at least 4 members (excludes halogenated alkanes) is 1. The van der Waals surface area contributed by atoms with Gasteiger partial charge in [-0.1, -0.05) is 36.8 Å². The van der Waals surface area contributed by atoms with Crippen LogP contribution in [0.5, 0.6) is 0 Å². The maximum Gasteiger partial charge on any atom is 0.457 e. The molecule has 1 aromatic rings. The van der Waals surface area contributed by atoms with Gasteiger partial charge in [-0.2, -0.15) is 0 Å². The first-order valence-electron chi connectivity index (χ1n) is 8.11. The molecule has 1 aromatic carbocycles. The zero-order chi connectivity index (χ0) is 17.2. The van der Waals surface area contributed by atoms with Crippen LogP contribution in [0.3, 0.4) is 0 Å². The first kappa shape index (κ1) is 19.6. The molecule has 0 radical (unpaired) electrons. The first-order chi connectivity index (χ1) is 11.0. The molecule has 128 valence electrons. The highest BCUT2D eigenvalue weighted by molar-refractivity contribution is 6.43. The van der Waals surface area contributed by atoms with Gasteiger partial charge in [0, 0.05) is 11.9 Å². The van der Waals surface area contributed by atoms with E-state index in [1.165, 1.54) is 0 Å². The number of benzene rings is 1. The minimum absolute atomic E-state index is 0.270. The van der Waals surface area contributed by atoms with Crippen LogP contribution < -0.4 is 16.8 Å². The van der Waals surface area contributed by atoms with Crippen LogP contribution in [0.1, 0.15) is 31.7 Å². The van der Waals surface area contributed by atoms with Gasteiger partial charge in [-0.15, -0.1) is 0 Å². The molecule has 0 aliphatic heterocycles. The number of nitrogens with one attached hydrogen (secondary N) is 1. The Balaban J connectivity index is 2.57. The number of hydrogen-bond acceptors (Lipinski definition) is 5. The molecule has 23 heavy (non-hydrogen) atoms. The van der Waals surface area contributed by atoms with Crippen LogP contribution in [0.25, 0.3) is 0 Å². The van der Waals surface area contributed by atoms with Crippen LogP contribution in [-0.4, -0.2) is 41.7 Å². The first-order valence-corrected chi connectivity index (χ1v) is 8.11. The monoisotopic (exact) mass is 321 g/mol. The molecule has 0 heterocycles. The number of amides is 1. The van der Waals surface area contributed by atoms with Crippen molar-refractivity contribution in [2.45, 2.75) is 50.5 Å². The highest BCUT2D eigenvalue weighted by Gasteiger charge is 2.31. The molecule has 0 bridgehead atoms. The Bertz CT molecular complexity index is 459. The molecule has 0 unspecified atom stereocenters. The minimum atomic E-state index is -1.51. The van der Waals surface area contributed by atoms with Crippen LogP contribution in [0, 0.1) is 0 Å². The van der Waals surface area contributed by atoms with Crippen molar-refractivity contribution in [1.82, 2.24) is 5.32 Å². The normalized spacial score (nSPS) is 14.8. The summed E-state index contributed by atoms with van der Waals surface area (Å²) in [5.74, 6) is -0.772. The number of nitrogens with two attached hydrogens (primary N) is 2. The van der Waals surface area contributed by atoms with Crippen LogP contribution in [-0.2, 0) is 11.2 Å². The summed E-state index contributed by atoms with van der Waals surface area (Å²) in [4.78, 5) is 12.1. The van der Waals surface area contributed by atoms with E-state index in [0.717, 1.165) is 18.4 Å². The summed E-state index contributed by atoms with van der Waals surface area (Å²) < 4.78 is 0. The molecular weight excluding hydrogens is 293 g/mol. The molecule has 0 aromatic heterocycles. The average molecular weight is 321 g/mol. The highest BCUT2D eigenvalue weighted by atomic mass is 16.4. The molecule has 0 fully saturated rings. The third-order valence-electron chi connectivity index (χ3n) is 4.02. The molecule has 1 amide bonds. The number of rotatable bonds is 10. The van der Waals surface area contributed by atoms with Gasteiger partial charge < -0.3 is 26.8 Å². The van der Waals surface area contributed by atoms with Crippen molar-refractivity contribution < 1.29 is 14.8 Å². The fraction of sp³-hybridized carbons (Fsp3) is 0.562. The van der Waals surface area contributed by atoms with Gasteiger partial charge in [-0.05, 0) is 38.3 Å². The molecule has 0 aliphatic rings. The van der Waals surface area contributed by atoms with E-state index in [-0.39, 0.29) is 5.91 Å². The smallest absolute Gasteiger partial charge is 0.427 e. The van der Waals surface area contributed by atoms with Gasteiger partial charge in [-0.3, -0.25) is 4.79 Å². The second-order valence-electron chi connectivity index (χ2n) is 5.96. The Hall–Kier alpha value is -1.41. The topological polar surface area (TPSA) is 122 Å². The molecule has 7 heteroatoms. The lowest BCUT2D eigenvalue weighted by Crippen LogP contribution is -2.48. The maximum absolute atomic E-state index is 12.1. The molecule has 6 nitrogen and oxygen atoms in total. The van der Waals surface area contributed by atoms with E-state index in [1.807, 2.05) is 30.3 Å². The maximum atomic E-state index is 12.1. The Morgan fingerprint density at radius 2 is 1.91 bits per heavy atom. The van der Waals surface area contributed by atoms with E-state index in [1.54, 1.807) is 6.92 Å². The zero-order valence-electron chi connectivity index (χ0n) is 13.7. The zero-order valence-corrected chi connectivity index (χ0v) is 13.7. The lowest BCUT2D eigenvalue weighted by molar-refractivity contribution is -0.123. The molecule has 7 N–H and O–H groups in total. The lowest BCUT2D eigenvalue weighted by Gasteiger charge is -2.25. The van der Waals surface area contributed by atoms with Crippen molar-refractivity contribution in [2.75, 3.05) is 6.54 Å². The van der Waals surface area contributed by atoms with Gasteiger partial charge in [0.1, 0.15) is 0 Å². The fourth-order valence-corrected chi connectivity index (χ4v) is 2.50. The number of hydrogen-bond donors (Lipinski definition) is 5. The minimum Gasteiger partial charge on any atom is -0.427 e. The van der Waals surface area contributed by atoms with Gasteiger partial charge in [0.2, 0.25) is 5.91 Å². The van der Waals surface area contributed by atoms with Crippen LogP contribution in [0.15, 0.2) is 30.3 Å². The third-order valence-corrected chi connectivity index (χ3v) is 4.02. The molecule has 0 saturated heterocycles. The van der Waals surface area contributed by atoms with Crippen molar-refractivity contribution >= 4 is 13.0 Å². The second kappa shape index (κ2) is 10.4. The average Bonchev–Trinajstić information content (AvgIpc) is 2.53. The molecule has 1 rings (SSSR count). The van der Waals surface area contributed by atoms with Gasteiger partial charge in [0.15, 0.2) is 0 Å². The Morgan fingerprint density at radius 3 is 2.48 bits per heavy atom. The summed E-state index contributed by atoms with van der Waals surface area (Å²) in [6, 6.07) is 8.53. The van der Waals surface area contributed by atoms with Gasteiger partial charge >= 0.3 is 7.12 Å². The summed E-state index contributed by atoms with van der Waals surface area (Å²) in [6.07, 6.45) is 2.67. The summed E-state index contributed by atoms with van der Waals surface area (Å²) >= 11 is 0. The molecule has 3 atom stereocenters. The van der Waals surface area contributed by atoms with E-state index in [4.69, 9.17) is 11.5 Å². The van der Waals surface area contributed by atoms with Gasteiger partial charge in [0.25, 0.3) is 0 Å². The van der Waals surface area contributed by atoms with E-state index in [2.05, 4.69) is 5.32 Å². The molecule has 0 spiro atoms. The fourth-order valence-electron chi connectivity index (χ4n) is 2.50. The third kappa shape index (κ3) is 7.13. The molecule has 0 saturated carbocycles.